The van der Waals surface area contributed by atoms with Crippen molar-refractivity contribution < 1.29 is 24.1 Å². The summed E-state index contributed by atoms with van der Waals surface area (Å²) in [6, 6.07) is 29.7. The van der Waals surface area contributed by atoms with Gasteiger partial charge in [-0.05, 0) is 65.2 Å². The van der Waals surface area contributed by atoms with Crippen LogP contribution < -0.4 is 20.3 Å². The molecule has 2 atom stereocenters. The molecule has 1 aliphatic heterocycles. The number of nitrogens with zero attached hydrogens (tertiary/aromatic N) is 1. The van der Waals surface area contributed by atoms with E-state index in [9.17, 15) is 4.79 Å². The van der Waals surface area contributed by atoms with Crippen LogP contribution in [0.1, 0.15) is 34.8 Å². The smallest absolute Gasteiger partial charge is 0.266 e. The number of carbonyl (C=O) groups excluding carboxylic acids is 1. The van der Waals surface area contributed by atoms with Gasteiger partial charge < -0.3 is 19.3 Å². The predicted molar refractivity (Wildman–Crippen MR) is 171 cm³/mol. The van der Waals surface area contributed by atoms with Crippen molar-refractivity contribution in [3.05, 3.63) is 129 Å². The van der Waals surface area contributed by atoms with E-state index in [1.165, 1.54) is 0 Å². The van der Waals surface area contributed by atoms with Crippen LogP contribution in [0.3, 0.4) is 0 Å². The highest BCUT2D eigenvalue weighted by Crippen LogP contribution is 2.43. The Hall–Kier alpha value is -4.08. The third-order valence-electron chi connectivity index (χ3n) is 7.24. The Bertz CT molecular complexity index is 1600. The number of rotatable bonds is 13. The molecule has 4 aromatic rings. The van der Waals surface area contributed by atoms with Gasteiger partial charge in [0.2, 0.25) is 5.90 Å². The lowest BCUT2D eigenvalue weighted by atomic mass is 9.82. The topological polar surface area (TPSA) is 101 Å². The van der Waals surface area contributed by atoms with Gasteiger partial charge in [-0.3, -0.25) is 10.2 Å². The van der Waals surface area contributed by atoms with Gasteiger partial charge in [-0.25, -0.2) is 10.4 Å². The minimum Gasteiger partial charge on any atom is -0.497 e. The number of aliphatic imine (C=N–C) groups is 1. The van der Waals surface area contributed by atoms with Gasteiger partial charge in [-0.2, -0.15) is 0 Å². The Morgan fingerprint density at radius 3 is 2.50 bits per heavy atom. The predicted octanol–water partition coefficient (Wildman–Crippen LogP) is 6.08. The van der Waals surface area contributed by atoms with E-state index in [2.05, 4.69) is 10.9 Å². The van der Waals surface area contributed by atoms with Crippen molar-refractivity contribution in [1.82, 2.24) is 10.9 Å². The van der Waals surface area contributed by atoms with Crippen LogP contribution in [0.4, 0.5) is 0 Å². The second kappa shape index (κ2) is 14.6. The molecule has 0 aliphatic carbocycles. The number of nitrogens with one attached hydrogen (secondary N) is 2. The first-order valence-electron chi connectivity index (χ1n) is 14.2. The molecule has 0 saturated heterocycles. The summed E-state index contributed by atoms with van der Waals surface area (Å²) in [5, 5.41) is 10.1. The molecule has 5 rings (SSSR count). The van der Waals surface area contributed by atoms with Crippen molar-refractivity contribution in [3.63, 3.8) is 0 Å². The van der Waals surface area contributed by atoms with E-state index in [0.29, 0.717) is 46.0 Å². The summed E-state index contributed by atoms with van der Waals surface area (Å²) in [5.74, 6) is 1.24. The average Bonchev–Trinajstić information content (AvgIpc) is 3.43. The molecule has 44 heavy (non-hydrogen) atoms. The number of aliphatic hydroxyl groups excluding tert-OH is 1. The number of carbonyl (C=O) groups is 1. The summed E-state index contributed by atoms with van der Waals surface area (Å²) >= 11 is 12.4. The molecule has 1 aliphatic rings. The Labute approximate surface area is 266 Å². The zero-order valence-corrected chi connectivity index (χ0v) is 25.6. The number of amides is 1. The molecule has 0 saturated carbocycles. The van der Waals surface area contributed by atoms with Crippen LogP contribution >= 0.6 is 23.2 Å². The standard InChI is InChI=1S/C34H33Cl2N3O5/c1-42-29-10-5-9-25(19-29)31-34(21-23-7-3-2-4-8-23,33(41)39-37-22-26-11-14-27(35)20-30(26)36)38-32(44-31)24-12-15-28(16-13-24)43-18-6-17-40/h2-5,7-16,19-20,31,37,40H,6,17-18,21-22H2,1H3,(H,39,41)/t31-,34-/m0/s1. The van der Waals surface area contributed by atoms with Gasteiger partial charge >= 0.3 is 0 Å². The molecule has 1 amide bonds. The van der Waals surface area contributed by atoms with Crippen LogP contribution in [0.25, 0.3) is 0 Å². The van der Waals surface area contributed by atoms with Gasteiger partial charge in [0.15, 0.2) is 11.6 Å². The van der Waals surface area contributed by atoms with Gasteiger partial charge in [0, 0.05) is 41.6 Å². The van der Waals surface area contributed by atoms with Crippen molar-refractivity contribution in [2.75, 3.05) is 20.3 Å². The number of aliphatic hydroxyl groups is 1. The van der Waals surface area contributed by atoms with Gasteiger partial charge in [-0.1, -0.05) is 71.7 Å². The highest BCUT2D eigenvalue weighted by Gasteiger charge is 2.53. The molecular weight excluding hydrogens is 601 g/mol. The van der Waals surface area contributed by atoms with E-state index in [0.717, 1.165) is 16.7 Å². The molecule has 4 aromatic carbocycles. The normalized spacial score (nSPS) is 17.5. The Morgan fingerprint density at radius 2 is 1.77 bits per heavy atom. The van der Waals surface area contributed by atoms with Crippen LogP contribution in [0.5, 0.6) is 11.5 Å². The second-order valence-corrected chi connectivity index (χ2v) is 11.1. The van der Waals surface area contributed by atoms with Gasteiger partial charge in [0.1, 0.15) is 11.5 Å². The van der Waals surface area contributed by atoms with E-state index < -0.39 is 11.6 Å². The molecule has 0 aromatic heterocycles. The summed E-state index contributed by atoms with van der Waals surface area (Å²) < 4.78 is 17.8. The van der Waals surface area contributed by atoms with E-state index >= 15 is 0 Å². The Kier molecular flexibility index (Phi) is 10.4. The Balaban J connectivity index is 1.51. The van der Waals surface area contributed by atoms with Gasteiger partial charge in [0.05, 0.1) is 13.7 Å². The first kappa shape index (κ1) is 31.3. The molecular formula is C34H33Cl2N3O5. The zero-order valence-electron chi connectivity index (χ0n) is 24.1. The number of hydrazine groups is 1. The van der Waals surface area contributed by atoms with E-state index in [4.69, 9.17) is 47.5 Å². The van der Waals surface area contributed by atoms with Crippen molar-refractivity contribution in [1.29, 1.82) is 0 Å². The first-order chi connectivity index (χ1) is 21.4. The first-order valence-corrected chi connectivity index (χ1v) is 14.9. The van der Waals surface area contributed by atoms with Gasteiger partial charge in [-0.15, -0.1) is 0 Å². The second-order valence-electron chi connectivity index (χ2n) is 10.3. The largest absolute Gasteiger partial charge is 0.497 e. The molecule has 1 heterocycles. The molecule has 10 heteroatoms. The maximum Gasteiger partial charge on any atom is 0.266 e. The number of hydrogen-bond donors (Lipinski definition) is 3. The molecule has 0 spiro atoms. The molecule has 8 nitrogen and oxygen atoms in total. The molecule has 3 N–H and O–H groups in total. The van der Waals surface area contributed by atoms with Crippen molar-refractivity contribution in [2.24, 2.45) is 4.99 Å². The highest BCUT2D eigenvalue weighted by molar-refractivity contribution is 6.35. The fraction of sp³-hybridized carbons (Fsp3) is 0.235. The van der Waals surface area contributed by atoms with Crippen molar-refractivity contribution in [3.8, 4) is 11.5 Å². The van der Waals surface area contributed by atoms with Crippen LogP contribution in [-0.4, -0.2) is 42.8 Å². The number of hydrogen-bond acceptors (Lipinski definition) is 7. The Morgan fingerprint density at radius 1 is 0.977 bits per heavy atom. The maximum absolute atomic E-state index is 14.3. The summed E-state index contributed by atoms with van der Waals surface area (Å²) in [5.41, 5.74) is 7.61. The zero-order chi connectivity index (χ0) is 30.9. The lowest BCUT2D eigenvalue weighted by molar-refractivity contribution is -0.130. The summed E-state index contributed by atoms with van der Waals surface area (Å²) in [4.78, 5) is 19.4. The SMILES string of the molecule is COc1cccc([C@@H]2OC(c3ccc(OCCCO)cc3)=N[C@]2(Cc2ccccc2)C(=O)NNCc2ccc(Cl)cc2Cl)c1. The molecule has 0 radical (unpaired) electrons. The van der Waals surface area contributed by atoms with Crippen LogP contribution in [0, 0.1) is 0 Å². The van der Waals surface area contributed by atoms with E-state index in [1.807, 2.05) is 78.9 Å². The van der Waals surface area contributed by atoms with Gasteiger partial charge in [0.25, 0.3) is 5.91 Å². The minimum absolute atomic E-state index is 0.0571. The maximum atomic E-state index is 14.3. The van der Waals surface area contributed by atoms with E-state index in [-0.39, 0.29) is 25.5 Å². The lowest BCUT2D eigenvalue weighted by Gasteiger charge is -2.31. The van der Waals surface area contributed by atoms with Crippen LogP contribution in [0.15, 0.2) is 102 Å². The molecule has 0 unspecified atom stereocenters. The number of halogens is 2. The lowest BCUT2D eigenvalue weighted by Crippen LogP contribution is -2.53. The number of benzene rings is 4. The van der Waals surface area contributed by atoms with Crippen LogP contribution in [-0.2, 0) is 22.5 Å². The minimum atomic E-state index is -1.39. The quantitative estimate of drug-likeness (QED) is 0.122. The third-order valence-corrected chi connectivity index (χ3v) is 7.83. The van der Waals surface area contributed by atoms with Crippen molar-refractivity contribution in [2.45, 2.75) is 31.0 Å². The molecule has 0 bridgehead atoms. The summed E-state index contributed by atoms with van der Waals surface area (Å²) in [6.45, 7) is 0.726. The summed E-state index contributed by atoms with van der Waals surface area (Å²) in [7, 11) is 1.59. The highest BCUT2D eigenvalue weighted by atomic mass is 35.5. The number of methoxy groups -OCH3 is 1. The monoisotopic (exact) mass is 633 g/mol. The summed E-state index contributed by atoms with van der Waals surface area (Å²) in [6.07, 6.45) is 0.0144. The average molecular weight is 635 g/mol. The third kappa shape index (κ3) is 7.34. The molecule has 228 valence electrons. The number of ether oxygens (including phenoxy) is 3. The fourth-order valence-corrected chi connectivity index (χ4v) is 5.46. The fourth-order valence-electron chi connectivity index (χ4n) is 4.99. The van der Waals surface area contributed by atoms with Crippen LogP contribution in [0.2, 0.25) is 10.0 Å². The van der Waals surface area contributed by atoms with Crippen molar-refractivity contribution >= 4 is 35.0 Å². The molecule has 0 fully saturated rings. The van der Waals surface area contributed by atoms with E-state index in [1.54, 1.807) is 25.3 Å².